The van der Waals surface area contributed by atoms with E-state index in [2.05, 4.69) is 10.00 Å². The molecule has 0 amide bonds. The highest BCUT2D eigenvalue weighted by molar-refractivity contribution is 5.73. The van der Waals surface area contributed by atoms with Gasteiger partial charge < -0.3 is 4.90 Å². The van der Waals surface area contributed by atoms with Gasteiger partial charge in [-0.1, -0.05) is 0 Å². The molecule has 1 aliphatic heterocycles. The van der Waals surface area contributed by atoms with Gasteiger partial charge in [0.25, 0.3) is 0 Å². The summed E-state index contributed by atoms with van der Waals surface area (Å²) in [6.07, 6.45) is 3.56. The molecule has 0 atom stereocenters. The van der Waals surface area contributed by atoms with Crippen molar-refractivity contribution in [2.24, 2.45) is 0 Å². The Kier molecular flexibility index (Phi) is 2.81. The normalized spacial score (nSPS) is 19.3. The van der Waals surface area contributed by atoms with Crippen molar-refractivity contribution in [2.75, 3.05) is 20.1 Å². The van der Waals surface area contributed by atoms with Gasteiger partial charge in [0.15, 0.2) is 6.29 Å². The van der Waals surface area contributed by atoms with Gasteiger partial charge in [0.05, 0.1) is 17.8 Å². The van der Waals surface area contributed by atoms with E-state index in [1.54, 1.807) is 0 Å². The second-order valence-corrected chi connectivity index (χ2v) is 3.99. The summed E-state index contributed by atoms with van der Waals surface area (Å²) in [5.74, 6) is -0.500. The van der Waals surface area contributed by atoms with E-state index >= 15 is 0 Å². The molecule has 0 unspecified atom stereocenters. The van der Waals surface area contributed by atoms with Crippen LogP contribution in [0.5, 0.6) is 0 Å². The first kappa shape index (κ1) is 10.3. The van der Waals surface area contributed by atoms with Crippen LogP contribution in [0, 0.1) is 5.95 Å². The number of aromatic nitrogens is 2. The summed E-state index contributed by atoms with van der Waals surface area (Å²) < 4.78 is 14.9. The summed E-state index contributed by atoms with van der Waals surface area (Å²) in [7, 11) is 2.05. The molecule has 5 heteroatoms. The molecule has 0 saturated carbocycles. The van der Waals surface area contributed by atoms with Crippen LogP contribution in [-0.4, -0.2) is 41.1 Å². The number of piperidine rings is 1. The van der Waals surface area contributed by atoms with Crippen LogP contribution in [0.2, 0.25) is 0 Å². The Morgan fingerprint density at radius 2 is 2.20 bits per heavy atom. The van der Waals surface area contributed by atoms with Crippen LogP contribution in [0.25, 0.3) is 0 Å². The van der Waals surface area contributed by atoms with E-state index < -0.39 is 5.95 Å². The fourth-order valence-corrected chi connectivity index (χ4v) is 1.93. The molecule has 4 nitrogen and oxygen atoms in total. The van der Waals surface area contributed by atoms with Crippen molar-refractivity contribution in [3.63, 3.8) is 0 Å². The monoisotopic (exact) mass is 211 g/mol. The smallest absolute Gasteiger partial charge is 0.222 e. The molecule has 15 heavy (non-hydrogen) atoms. The van der Waals surface area contributed by atoms with Crippen molar-refractivity contribution in [3.05, 3.63) is 17.7 Å². The van der Waals surface area contributed by atoms with Gasteiger partial charge in [-0.3, -0.25) is 4.79 Å². The van der Waals surface area contributed by atoms with E-state index in [-0.39, 0.29) is 11.6 Å². The molecular weight excluding hydrogens is 197 g/mol. The molecule has 0 bridgehead atoms. The summed E-state index contributed by atoms with van der Waals surface area (Å²) in [5.41, 5.74) is 0.0499. The van der Waals surface area contributed by atoms with Crippen LogP contribution in [0.1, 0.15) is 29.2 Å². The molecule has 1 saturated heterocycles. The Morgan fingerprint density at radius 3 is 2.73 bits per heavy atom. The highest BCUT2D eigenvalue weighted by atomic mass is 19.1. The summed E-state index contributed by atoms with van der Waals surface area (Å²) in [6.45, 7) is 1.89. The first-order valence-corrected chi connectivity index (χ1v) is 5.09. The largest absolute Gasteiger partial charge is 0.306 e. The number of carbonyl (C=O) groups excluding carboxylic acids is 1. The summed E-state index contributed by atoms with van der Waals surface area (Å²) in [6, 6.07) is 0.0925. The van der Waals surface area contributed by atoms with E-state index in [0.717, 1.165) is 25.9 Å². The minimum Gasteiger partial charge on any atom is -0.306 e. The number of nitrogens with zero attached hydrogens (tertiary/aromatic N) is 3. The molecule has 0 radical (unpaired) electrons. The number of rotatable bonds is 2. The van der Waals surface area contributed by atoms with Crippen LogP contribution >= 0.6 is 0 Å². The number of likely N-dealkylation sites (tertiary alicyclic amines) is 1. The number of hydrogen-bond donors (Lipinski definition) is 0. The summed E-state index contributed by atoms with van der Waals surface area (Å²) in [5, 5.41) is 3.93. The van der Waals surface area contributed by atoms with Gasteiger partial charge in [-0.2, -0.15) is 9.49 Å². The van der Waals surface area contributed by atoms with Gasteiger partial charge in [-0.05, 0) is 33.0 Å². The maximum Gasteiger partial charge on any atom is 0.222 e. The Labute approximate surface area is 87.7 Å². The lowest BCUT2D eigenvalue weighted by atomic mass is 10.1. The van der Waals surface area contributed by atoms with Crippen LogP contribution in [0.4, 0.5) is 4.39 Å². The topological polar surface area (TPSA) is 38.1 Å². The lowest BCUT2D eigenvalue weighted by Crippen LogP contribution is -2.32. The van der Waals surface area contributed by atoms with Crippen molar-refractivity contribution >= 4 is 6.29 Å². The van der Waals surface area contributed by atoms with Crippen LogP contribution < -0.4 is 0 Å². The zero-order valence-corrected chi connectivity index (χ0v) is 8.69. The van der Waals surface area contributed by atoms with E-state index in [4.69, 9.17) is 0 Å². The van der Waals surface area contributed by atoms with Gasteiger partial charge in [0.1, 0.15) is 0 Å². The van der Waals surface area contributed by atoms with Crippen molar-refractivity contribution in [1.29, 1.82) is 0 Å². The van der Waals surface area contributed by atoms with Crippen LogP contribution in [0.15, 0.2) is 6.20 Å². The molecule has 0 aromatic carbocycles. The third kappa shape index (κ3) is 1.92. The lowest BCUT2D eigenvalue weighted by Gasteiger charge is -2.29. The van der Waals surface area contributed by atoms with Crippen molar-refractivity contribution < 1.29 is 9.18 Å². The van der Waals surface area contributed by atoms with Crippen LogP contribution in [-0.2, 0) is 0 Å². The minimum atomic E-state index is -0.500. The van der Waals surface area contributed by atoms with Gasteiger partial charge in [-0.25, -0.2) is 4.68 Å². The van der Waals surface area contributed by atoms with E-state index in [0.29, 0.717) is 6.29 Å². The standard InChI is InChI=1S/C10H14FN3O/c1-13-4-2-9(3-5-13)14-10(11)8(7-15)6-12-14/h6-7,9H,2-5H2,1H3. The Bertz CT molecular complexity index is 356. The molecule has 1 fully saturated rings. The molecule has 82 valence electrons. The zero-order valence-electron chi connectivity index (χ0n) is 8.69. The predicted molar refractivity (Wildman–Crippen MR) is 53.3 cm³/mol. The SMILES string of the molecule is CN1CCC(n2ncc(C=O)c2F)CC1. The quantitative estimate of drug-likeness (QED) is 0.687. The third-order valence-electron chi connectivity index (χ3n) is 2.92. The Morgan fingerprint density at radius 1 is 1.53 bits per heavy atom. The summed E-state index contributed by atoms with van der Waals surface area (Å²) >= 11 is 0. The number of hydrogen-bond acceptors (Lipinski definition) is 3. The molecule has 0 aliphatic carbocycles. The van der Waals surface area contributed by atoms with Crippen molar-refractivity contribution in [1.82, 2.24) is 14.7 Å². The van der Waals surface area contributed by atoms with Crippen molar-refractivity contribution in [3.8, 4) is 0 Å². The Balaban J connectivity index is 2.15. The van der Waals surface area contributed by atoms with E-state index in [9.17, 15) is 9.18 Å². The molecular formula is C10H14FN3O. The van der Waals surface area contributed by atoms with E-state index in [1.165, 1.54) is 10.9 Å². The number of aldehydes is 1. The zero-order chi connectivity index (χ0) is 10.8. The molecule has 1 aromatic heterocycles. The highest BCUT2D eigenvalue weighted by Gasteiger charge is 2.22. The van der Waals surface area contributed by atoms with Gasteiger partial charge in [0, 0.05) is 0 Å². The predicted octanol–water partition coefficient (Wildman–Crippen LogP) is 1.10. The first-order valence-electron chi connectivity index (χ1n) is 5.09. The van der Waals surface area contributed by atoms with Crippen molar-refractivity contribution in [2.45, 2.75) is 18.9 Å². The first-order chi connectivity index (χ1) is 7.22. The highest BCUT2D eigenvalue weighted by Crippen LogP contribution is 2.22. The third-order valence-corrected chi connectivity index (χ3v) is 2.92. The second kappa shape index (κ2) is 4.10. The van der Waals surface area contributed by atoms with Gasteiger partial charge in [0.2, 0.25) is 5.95 Å². The average molecular weight is 211 g/mol. The molecule has 0 N–H and O–H groups in total. The molecule has 2 rings (SSSR count). The fraction of sp³-hybridized carbons (Fsp3) is 0.600. The maximum atomic E-state index is 13.6. The minimum absolute atomic E-state index is 0.0499. The number of halogens is 1. The lowest BCUT2D eigenvalue weighted by molar-refractivity contribution is 0.111. The fourth-order valence-electron chi connectivity index (χ4n) is 1.93. The molecule has 1 aromatic rings. The molecule has 2 heterocycles. The van der Waals surface area contributed by atoms with Gasteiger partial charge >= 0.3 is 0 Å². The summed E-state index contributed by atoms with van der Waals surface area (Å²) in [4.78, 5) is 12.7. The van der Waals surface area contributed by atoms with E-state index in [1.807, 2.05) is 7.05 Å². The van der Waals surface area contributed by atoms with Gasteiger partial charge in [-0.15, -0.1) is 0 Å². The molecule has 1 aliphatic rings. The average Bonchev–Trinajstić information content (AvgIpc) is 2.61. The van der Waals surface area contributed by atoms with Crippen LogP contribution in [0.3, 0.4) is 0 Å². The molecule has 0 spiro atoms. The number of carbonyl (C=O) groups is 1. The Hall–Kier alpha value is -1.23. The maximum absolute atomic E-state index is 13.6. The second-order valence-electron chi connectivity index (χ2n) is 3.99.